The first kappa shape index (κ1) is 27.1. The predicted molar refractivity (Wildman–Crippen MR) is 138 cm³/mol. The van der Waals surface area contributed by atoms with E-state index in [0.29, 0.717) is 25.2 Å². The van der Waals surface area contributed by atoms with Crippen LogP contribution in [0.4, 0.5) is 0 Å². The SMILES string of the molecule is CC1(C)C[C@H]2C3=CC[C@@H]4[C@@]5(C)CC[C@H](O)[C@@](C)(CO)[C@H]5CC[C@@]4(C)[C@]3(C)C[C@H](O)[C@@]2(CO)[C@@H](O)[C@@H]1O. The van der Waals surface area contributed by atoms with Crippen LogP contribution in [0.3, 0.4) is 0 Å². The van der Waals surface area contributed by atoms with Crippen molar-refractivity contribution in [2.45, 2.75) is 111 Å². The average molecular weight is 507 g/mol. The topological polar surface area (TPSA) is 121 Å². The van der Waals surface area contributed by atoms with Crippen molar-refractivity contribution in [2.24, 2.45) is 50.2 Å². The molecule has 206 valence electrons. The van der Waals surface area contributed by atoms with Crippen LogP contribution in [0.25, 0.3) is 0 Å². The summed E-state index contributed by atoms with van der Waals surface area (Å²) in [6.45, 7) is 12.7. The molecule has 0 aromatic heterocycles. The summed E-state index contributed by atoms with van der Waals surface area (Å²) < 4.78 is 0. The second-order valence-electron chi connectivity index (χ2n) is 15.1. The first-order valence-electron chi connectivity index (χ1n) is 14.2. The van der Waals surface area contributed by atoms with Crippen molar-refractivity contribution in [3.05, 3.63) is 11.6 Å². The monoisotopic (exact) mass is 506 g/mol. The van der Waals surface area contributed by atoms with Crippen LogP contribution in [-0.2, 0) is 0 Å². The molecule has 0 heterocycles. The average Bonchev–Trinajstić information content (AvgIpc) is 2.81. The Kier molecular flexibility index (Phi) is 6.03. The third-order valence-corrected chi connectivity index (χ3v) is 13.5. The highest BCUT2D eigenvalue weighted by molar-refractivity contribution is 5.36. The molecule has 0 radical (unpaired) electrons. The van der Waals surface area contributed by atoms with Gasteiger partial charge in [0.1, 0.15) is 0 Å². The molecule has 0 spiro atoms. The Hall–Kier alpha value is -0.500. The molecule has 5 rings (SSSR count). The van der Waals surface area contributed by atoms with E-state index in [0.717, 1.165) is 25.7 Å². The van der Waals surface area contributed by atoms with Gasteiger partial charge in [-0.05, 0) is 84.4 Å². The summed E-state index contributed by atoms with van der Waals surface area (Å²) in [5, 5.41) is 66.1. The fourth-order valence-electron chi connectivity index (χ4n) is 10.9. The van der Waals surface area contributed by atoms with Crippen LogP contribution in [0, 0.1) is 50.2 Å². The molecule has 6 nitrogen and oxygen atoms in total. The van der Waals surface area contributed by atoms with Crippen LogP contribution in [0.15, 0.2) is 11.6 Å². The van der Waals surface area contributed by atoms with Gasteiger partial charge >= 0.3 is 0 Å². The van der Waals surface area contributed by atoms with Gasteiger partial charge in [0.15, 0.2) is 0 Å². The van der Waals surface area contributed by atoms with Gasteiger partial charge < -0.3 is 30.6 Å². The van der Waals surface area contributed by atoms with E-state index in [9.17, 15) is 30.6 Å². The molecular weight excluding hydrogens is 456 g/mol. The van der Waals surface area contributed by atoms with Crippen molar-refractivity contribution < 1.29 is 30.6 Å². The summed E-state index contributed by atoms with van der Waals surface area (Å²) >= 11 is 0. The third kappa shape index (κ3) is 2.95. The van der Waals surface area contributed by atoms with Crippen molar-refractivity contribution in [1.29, 1.82) is 0 Å². The summed E-state index contributed by atoms with van der Waals surface area (Å²) in [6, 6.07) is 0. The molecule has 0 aliphatic heterocycles. The summed E-state index contributed by atoms with van der Waals surface area (Å²) in [5.74, 6) is 0.367. The minimum absolute atomic E-state index is 0.00861. The van der Waals surface area contributed by atoms with Gasteiger partial charge in [0, 0.05) is 5.41 Å². The van der Waals surface area contributed by atoms with Gasteiger partial charge in [0.25, 0.3) is 0 Å². The maximum atomic E-state index is 11.8. The Balaban J connectivity index is 1.63. The van der Waals surface area contributed by atoms with Gasteiger partial charge in [-0.25, -0.2) is 0 Å². The molecule has 4 fully saturated rings. The van der Waals surface area contributed by atoms with E-state index in [2.05, 4.69) is 33.8 Å². The molecule has 0 saturated heterocycles. The van der Waals surface area contributed by atoms with Gasteiger partial charge in [0.05, 0.1) is 43.0 Å². The molecule has 5 aliphatic rings. The highest BCUT2D eigenvalue weighted by Crippen LogP contribution is 2.75. The zero-order valence-corrected chi connectivity index (χ0v) is 23.2. The number of allylic oxidation sites excluding steroid dienone is 2. The molecular formula is C30H50O6. The van der Waals surface area contributed by atoms with E-state index in [1.165, 1.54) is 5.57 Å². The van der Waals surface area contributed by atoms with E-state index >= 15 is 0 Å². The largest absolute Gasteiger partial charge is 0.396 e. The lowest BCUT2D eigenvalue weighted by Crippen LogP contribution is -2.71. The maximum Gasteiger partial charge on any atom is 0.0913 e. The van der Waals surface area contributed by atoms with Crippen LogP contribution in [0.2, 0.25) is 0 Å². The molecule has 5 aliphatic carbocycles. The lowest BCUT2D eigenvalue weighted by atomic mass is 9.33. The fourth-order valence-corrected chi connectivity index (χ4v) is 10.9. The molecule has 0 aromatic carbocycles. The number of aliphatic hydroxyl groups excluding tert-OH is 6. The Morgan fingerprint density at radius 1 is 0.778 bits per heavy atom. The number of hydrogen-bond acceptors (Lipinski definition) is 6. The Morgan fingerprint density at radius 3 is 2.06 bits per heavy atom. The third-order valence-electron chi connectivity index (χ3n) is 13.5. The van der Waals surface area contributed by atoms with Gasteiger partial charge in [-0.1, -0.05) is 53.2 Å². The number of aliphatic hydroxyl groups is 6. The van der Waals surface area contributed by atoms with Gasteiger partial charge in [-0.2, -0.15) is 0 Å². The Bertz CT molecular complexity index is 932. The lowest BCUT2D eigenvalue weighted by molar-refractivity contribution is -0.259. The molecule has 0 aromatic rings. The van der Waals surface area contributed by atoms with Gasteiger partial charge in [-0.3, -0.25) is 0 Å². The minimum Gasteiger partial charge on any atom is -0.396 e. The highest BCUT2D eigenvalue weighted by Gasteiger charge is 2.72. The van der Waals surface area contributed by atoms with Crippen molar-refractivity contribution >= 4 is 0 Å². The zero-order valence-electron chi connectivity index (χ0n) is 23.2. The van der Waals surface area contributed by atoms with Crippen LogP contribution in [0.5, 0.6) is 0 Å². The van der Waals surface area contributed by atoms with E-state index in [1.807, 2.05) is 13.8 Å². The number of rotatable bonds is 2. The molecule has 6 N–H and O–H groups in total. The molecule has 0 unspecified atom stereocenters. The van der Waals surface area contributed by atoms with Crippen LogP contribution >= 0.6 is 0 Å². The lowest BCUT2D eigenvalue weighted by Gasteiger charge is -2.72. The maximum absolute atomic E-state index is 11.8. The quantitative estimate of drug-likeness (QED) is 0.320. The normalized spacial score (nSPS) is 58.1. The summed E-state index contributed by atoms with van der Waals surface area (Å²) in [4.78, 5) is 0. The van der Waals surface area contributed by atoms with Crippen LogP contribution in [-0.4, -0.2) is 68.3 Å². The van der Waals surface area contributed by atoms with E-state index in [-0.39, 0.29) is 41.3 Å². The van der Waals surface area contributed by atoms with Crippen LogP contribution < -0.4 is 0 Å². The number of hydrogen-bond donors (Lipinski definition) is 6. The molecule has 4 saturated carbocycles. The Labute approximate surface area is 216 Å². The van der Waals surface area contributed by atoms with E-state index < -0.39 is 40.7 Å². The van der Waals surface area contributed by atoms with Crippen LogP contribution in [0.1, 0.15) is 86.5 Å². The van der Waals surface area contributed by atoms with Crippen molar-refractivity contribution in [3.63, 3.8) is 0 Å². The minimum atomic E-state index is -1.19. The first-order chi connectivity index (χ1) is 16.6. The summed E-state index contributed by atoms with van der Waals surface area (Å²) in [6.07, 6.45) is 4.21. The summed E-state index contributed by atoms with van der Waals surface area (Å²) in [5.41, 5.74) is -1.40. The fraction of sp³-hybridized carbons (Fsp3) is 0.933. The van der Waals surface area contributed by atoms with Gasteiger partial charge in [0.2, 0.25) is 0 Å². The Morgan fingerprint density at radius 2 is 1.44 bits per heavy atom. The van der Waals surface area contributed by atoms with Crippen molar-refractivity contribution in [2.75, 3.05) is 13.2 Å². The van der Waals surface area contributed by atoms with Crippen molar-refractivity contribution in [3.8, 4) is 0 Å². The molecule has 36 heavy (non-hydrogen) atoms. The second-order valence-corrected chi connectivity index (χ2v) is 15.1. The van der Waals surface area contributed by atoms with Crippen molar-refractivity contribution in [1.82, 2.24) is 0 Å². The second kappa shape index (κ2) is 8.02. The molecule has 12 atom stereocenters. The van der Waals surface area contributed by atoms with Gasteiger partial charge in [-0.15, -0.1) is 0 Å². The highest BCUT2D eigenvalue weighted by atomic mass is 16.3. The first-order valence-corrected chi connectivity index (χ1v) is 14.2. The smallest absolute Gasteiger partial charge is 0.0913 e. The summed E-state index contributed by atoms with van der Waals surface area (Å²) in [7, 11) is 0. The van der Waals surface area contributed by atoms with E-state index in [1.54, 1.807) is 0 Å². The standard InChI is InChI=1S/C30H50O6/c1-25(2)13-18-17-7-8-20-26(3)11-10-21(33)27(4,15-31)19(26)9-12-28(20,5)29(17,6)14-22(34)30(18,16-32)24(36)23(25)35/h7,18-24,31-36H,8-16H2,1-6H3/t18-,19-,20+,21-,22-,23-,24-,26-,27-,28+,29+,30-/m0/s1. The predicted octanol–water partition coefficient (Wildman–Crippen LogP) is 3.03. The molecule has 0 amide bonds. The molecule has 0 bridgehead atoms. The zero-order chi connectivity index (χ0) is 26.7. The van der Waals surface area contributed by atoms with E-state index in [4.69, 9.17) is 0 Å². The number of fused-ring (bicyclic) bond motifs is 7. The molecule has 6 heteroatoms.